The first-order valence-electron chi connectivity index (χ1n) is 11.1. The highest BCUT2D eigenvalue weighted by Gasteiger charge is 2.30. The largest absolute Gasteiger partial charge is 0.454 e. The zero-order chi connectivity index (χ0) is 25.8. The number of amides is 2. The maximum Gasteiger partial charge on any atom is 0.244 e. The standard InChI is InChI=1S/C24H30FN3O6S/c1-16(2)12-26-24(30)17(3)27(13-18-5-7-19(25)8-6-18)23(29)14-28(35(4,31)32)20-9-10-21-22(11-20)34-15-33-21/h5-11,16-17H,12-15H2,1-4H3,(H,26,30). The number of ether oxygens (including phenoxy) is 2. The Balaban J connectivity index is 1.88. The molecule has 0 saturated carbocycles. The van der Waals surface area contributed by atoms with E-state index in [2.05, 4.69) is 5.32 Å². The van der Waals surface area contributed by atoms with Crippen molar-refractivity contribution in [3.63, 3.8) is 0 Å². The first-order valence-corrected chi connectivity index (χ1v) is 13.0. The molecule has 11 heteroatoms. The van der Waals surface area contributed by atoms with Crippen LogP contribution in [0.3, 0.4) is 0 Å². The van der Waals surface area contributed by atoms with E-state index in [9.17, 15) is 22.4 Å². The van der Waals surface area contributed by atoms with Gasteiger partial charge in [0.05, 0.1) is 11.9 Å². The smallest absolute Gasteiger partial charge is 0.244 e. The van der Waals surface area contributed by atoms with Crippen molar-refractivity contribution in [2.45, 2.75) is 33.4 Å². The number of carbonyl (C=O) groups excluding carboxylic acids is 2. The summed E-state index contributed by atoms with van der Waals surface area (Å²) in [4.78, 5) is 27.5. The van der Waals surface area contributed by atoms with E-state index in [1.165, 1.54) is 41.3 Å². The van der Waals surface area contributed by atoms with Crippen LogP contribution in [0.2, 0.25) is 0 Å². The Kier molecular flexibility index (Phi) is 8.21. The van der Waals surface area contributed by atoms with Gasteiger partial charge in [0, 0.05) is 19.2 Å². The Labute approximate surface area is 204 Å². The summed E-state index contributed by atoms with van der Waals surface area (Å²) in [6, 6.07) is 9.22. The molecular formula is C24H30FN3O6S. The van der Waals surface area contributed by atoms with Crippen molar-refractivity contribution < 1.29 is 31.9 Å². The molecule has 0 aliphatic carbocycles. The van der Waals surface area contributed by atoms with Gasteiger partial charge in [0.1, 0.15) is 18.4 Å². The second kappa shape index (κ2) is 10.9. The Hall–Kier alpha value is -3.34. The molecule has 1 aliphatic rings. The van der Waals surface area contributed by atoms with E-state index in [-0.39, 0.29) is 30.9 Å². The van der Waals surface area contributed by atoms with Crippen molar-refractivity contribution in [3.05, 3.63) is 53.8 Å². The van der Waals surface area contributed by atoms with Gasteiger partial charge >= 0.3 is 0 Å². The summed E-state index contributed by atoms with van der Waals surface area (Å²) in [6.07, 6.45) is 0.994. The molecule has 2 aromatic carbocycles. The average Bonchev–Trinajstić information content (AvgIpc) is 3.27. The van der Waals surface area contributed by atoms with Gasteiger partial charge in [-0.15, -0.1) is 0 Å². The molecule has 3 rings (SSSR count). The molecule has 9 nitrogen and oxygen atoms in total. The lowest BCUT2D eigenvalue weighted by Gasteiger charge is -2.31. The highest BCUT2D eigenvalue weighted by atomic mass is 32.2. The van der Waals surface area contributed by atoms with E-state index in [0.717, 1.165) is 10.6 Å². The Morgan fingerprint density at radius 3 is 2.34 bits per heavy atom. The number of rotatable bonds is 10. The van der Waals surface area contributed by atoms with Crippen molar-refractivity contribution in [3.8, 4) is 11.5 Å². The average molecular weight is 508 g/mol. The van der Waals surface area contributed by atoms with Crippen LogP contribution in [-0.4, -0.2) is 57.3 Å². The molecule has 2 aromatic rings. The number of carbonyl (C=O) groups is 2. The highest BCUT2D eigenvalue weighted by Crippen LogP contribution is 2.36. The van der Waals surface area contributed by atoms with Gasteiger partial charge in [-0.2, -0.15) is 0 Å². The van der Waals surface area contributed by atoms with Gasteiger partial charge in [-0.1, -0.05) is 26.0 Å². The molecule has 1 N–H and O–H groups in total. The second-order valence-electron chi connectivity index (χ2n) is 8.77. The molecule has 0 radical (unpaired) electrons. The molecule has 190 valence electrons. The molecule has 0 aromatic heterocycles. The van der Waals surface area contributed by atoms with Crippen LogP contribution >= 0.6 is 0 Å². The van der Waals surface area contributed by atoms with Gasteiger partial charge in [0.15, 0.2) is 11.5 Å². The summed E-state index contributed by atoms with van der Waals surface area (Å²) >= 11 is 0. The van der Waals surface area contributed by atoms with Crippen molar-refractivity contribution in [1.82, 2.24) is 10.2 Å². The third-order valence-electron chi connectivity index (χ3n) is 5.44. The molecule has 2 amide bonds. The molecule has 1 heterocycles. The van der Waals surface area contributed by atoms with E-state index < -0.39 is 34.3 Å². The van der Waals surface area contributed by atoms with E-state index in [1.807, 2.05) is 13.8 Å². The maximum absolute atomic E-state index is 13.5. The molecule has 0 bridgehead atoms. The fourth-order valence-corrected chi connectivity index (χ4v) is 4.32. The molecule has 1 unspecified atom stereocenters. The molecular weight excluding hydrogens is 477 g/mol. The first-order chi connectivity index (χ1) is 16.5. The third-order valence-corrected chi connectivity index (χ3v) is 6.58. The second-order valence-corrected chi connectivity index (χ2v) is 10.7. The fraction of sp³-hybridized carbons (Fsp3) is 0.417. The zero-order valence-electron chi connectivity index (χ0n) is 20.2. The van der Waals surface area contributed by atoms with Crippen LogP contribution in [0.4, 0.5) is 10.1 Å². The summed E-state index contributed by atoms with van der Waals surface area (Å²) in [5.41, 5.74) is 0.820. The summed E-state index contributed by atoms with van der Waals surface area (Å²) in [7, 11) is -3.87. The van der Waals surface area contributed by atoms with Crippen LogP contribution in [0.1, 0.15) is 26.3 Å². The summed E-state index contributed by atoms with van der Waals surface area (Å²) in [5.74, 6) is -0.345. The lowest BCUT2D eigenvalue weighted by Crippen LogP contribution is -2.51. The predicted molar refractivity (Wildman–Crippen MR) is 129 cm³/mol. The van der Waals surface area contributed by atoms with Gasteiger partial charge < -0.3 is 19.7 Å². The number of nitrogens with zero attached hydrogens (tertiary/aromatic N) is 2. The van der Waals surface area contributed by atoms with Crippen molar-refractivity contribution in [2.24, 2.45) is 5.92 Å². The number of sulfonamides is 1. The van der Waals surface area contributed by atoms with E-state index >= 15 is 0 Å². The van der Waals surface area contributed by atoms with Gasteiger partial charge in [-0.3, -0.25) is 13.9 Å². The normalized spacial score (nSPS) is 13.4. The summed E-state index contributed by atoms with van der Waals surface area (Å²) < 4.78 is 50.2. The van der Waals surface area contributed by atoms with Crippen molar-refractivity contribution >= 4 is 27.5 Å². The molecule has 35 heavy (non-hydrogen) atoms. The zero-order valence-corrected chi connectivity index (χ0v) is 21.0. The molecule has 0 fully saturated rings. The minimum atomic E-state index is -3.87. The van der Waals surface area contributed by atoms with Crippen LogP contribution in [0.15, 0.2) is 42.5 Å². The maximum atomic E-state index is 13.5. The number of hydrogen-bond donors (Lipinski definition) is 1. The SMILES string of the molecule is CC(C)CNC(=O)C(C)N(Cc1ccc(F)cc1)C(=O)CN(c1ccc2c(c1)OCO2)S(C)(=O)=O. The lowest BCUT2D eigenvalue weighted by molar-refractivity contribution is -0.139. The number of benzene rings is 2. The number of hydrogen-bond acceptors (Lipinski definition) is 6. The van der Waals surface area contributed by atoms with Crippen LogP contribution < -0.4 is 19.1 Å². The third kappa shape index (κ3) is 6.84. The van der Waals surface area contributed by atoms with Crippen LogP contribution in [0.5, 0.6) is 11.5 Å². The molecule has 1 aliphatic heterocycles. The van der Waals surface area contributed by atoms with Crippen LogP contribution in [0, 0.1) is 11.7 Å². The van der Waals surface area contributed by atoms with Gasteiger partial charge in [0.2, 0.25) is 28.6 Å². The molecule has 1 atom stereocenters. The van der Waals surface area contributed by atoms with Gasteiger partial charge in [-0.25, -0.2) is 12.8 Å². The molecule has 0 saturated heterocycles. The summed E-state index contributed by atoms with van der Waals surface area (Å²) in [5, 5.41) is 2.80. The highest BCUT2D eigenvalue weighted by molar-refractivity contribution is 7.92. The Morgan fingerprint density at radius 2 is 1.71 bits per heavy atom. The Bertz CT molecular complexity index is 1170. The predicted octanol–water partition coefficient (Wildman–Crippen LogP) is 2.51. The first kappa shape index (κ1) is 26.3. The minimum absolute atomic E-state index is 0.00583. The molecule has 0 spiro atoms. The lowest BCUT2D eigenvalue weighted by atomic mass is 10.1. The van der Waals surface area contributed by atoms with Crippen LogP contribution in [-0.2, 0) is 26.2 Å². The monoisotopic (exact) mass is 507 g/mol. The Morgan fingerprint density at radius 1 is 1.06 bits per heavy atom. The number of fused-ring (bicyclic) bond motifs is 1. The minimum Gasteiger partial charge on any atom is -0.454 e. The van der Waals surface area contributed by atoms with Crippen LogP contribution in [0.25, 0.3) is 0 Å². The van der Waals surface area contributed by atoms with Gasteiger partial charge in [0.25, 0.3) is 0 Å². The fourth-order valence-electron chi connectivity index (χ4n) is 3.48. The topological polar surface area (TPSA) is 105 Å². The van der Waals surface area contributed by atoms with E-state index in [4.69, 9.17) is 9.47 Å². The number of halogens is 1. The van der Waals surface area contributed by atoms with Crippen molar-refractivity contribution in [1.29, 1.82) is 0 Å². The quantitative estimate of drug-likeness (QED) is 0.530. The number of anilines is 1. The summed E-state index contributed by atoms with van der Waals surface area (Å²) in [6.45, 7) is 5.36. The van der Waals surface area contributed by atoms with E-state index in [0.29, 0.717) is 23.6 Å². The van der Waals surface area contributed by atoms with Gasteiger partial charge in [-0.05, 0) is 42.7 Å². The number of nitrogens with one attached hydrogen (secondary N) is 1. The van der Waals surface area contributed by atoms with E-state index in [1.54, 1.807) is 13.0 Å². The van der Waals surface area contributed by atoms with Crippen molar-refractivity contribution in [2.75, 3.05) is 30.4 Å².